The molecule has 10 rings (SSSR count). The summed E-state index contributed by atoms with van der Waals surface area (Å²) in [5, 5.41) is 24.2. The number of rotatable bonds is 31. The predicted octanol–water partition coefficient (Wildman–Crippen LogP) is 8.06. The zero-order valence-corrected chi connectivity index (χ0v) is 51.0. The summed E-state index contributed by atoms with van der Waals surface area (Å²) in [6.45, 7) is -0.117. The van der Waals surface area contributed by atoms with Gasteiger partial charge in [0, 0.05) is 9.82 Å². The molecule has 2 fully saturated rings. The standard InChI is InChI=1S/C66H62N12O18/c67-73-69-37-51-53(91-59(79)43-19-7-1-8-20-43)55(93-61(81)45-23-11-3-12-24-45)57(95-63(83)47-27-15-5-16-28-47)65(89-51)87-41-49-39-77(75-71-49)31-33-85-35-36-86-34-32-78-40-50(72-76-78)42-88-66-58(96-64(84)48-29-17-6-18-30-48)56(94-62(82)46-25-13-4-14-26-46)54(52(90-66)38-70-74-68)92-60(80)44-21-9-2-10-22-44/h1-30,39-40,51-58,65-66H,31-38,41-42H2/t51-,52-,53-,54-,55+,56+,57+,58+,65+,66+/m1/s1. The fourth-order valence-electron chi connectivity index (χ4n) is 9.95. The molecule has 6 aromatic carbocycles. The van der Waals surface area contributed by atoms with Crippen molar-refractivity contribution in [3.63, 3.8) is 0 Å². The highest BCUT2D eigenvalue weighted by molar-refractivity contribution is 5.93. The molecular formula is C66H62N12O18. The van der Waals surface area contributed by atoms with Crippen molar-refractivity contribution in [2.24, 2.45) is 10.2 Å². The van der Waals surface area contributed by atoms with Crippen molar-refractivity contribution < 1.29 is 85.6 Å². The van der Waals surface area contributed by atoms with E-state index in [0.717, 1.165) is 0 Å². The second kappa shape index (κ2) is 34.6. The van der Waals surface area contributed by atoms with Gasteiger partial charge < -0.3 is 56.8 Å². The van der Waals surface area contributed by atoms with E-state index >= 15 is 0 Å². The maximum absolute atomic E-state index is 13.8. The van der Waals surface area contributed by atoms with E-state index in [9.17, 15) is 39.8 Å². The van der Waals surface area contributed by atoms with Crippen LogP contribution in [-0.4, -0.2) is 167 Å². The summed E-state index contributed by atoms with van der Waals surface area (Å²) in [5.41, 5.74) is 20.2. The van der Waals surface area contributed by atoms with Crippen molar-refractivity contribution >= 4 is 35.8 Å². The smallest absolute Gasteiger partial charge is 0.338 e. The average molecular weight is 1310 g/mol. The first-order valence-corrected chi connectivity index (χ1v) is 30.1. The van der Waals surface area contributed by atoms with E-state index in [-0.39, 0.29) is 86.1 Å². The number of carbonyl (C=O) groups excluding carboxylic acids is 6. The normalized spacial score (nSPS) is 20.4. The van der Waals surface area contributed by atoms with Gasteiger partial charge in [0.2, 0.25) is 0 Å². The third-order valence-electron chi connectivity index (χ3n) is 14.6. The molecule has 0 N–H and O–H groups in total. The molecule has 30 nitrogen and oxygen atoms in total. The van der Waals surface area contributed by atoms with Crippen LogP contribution in [0.1, 0.15) is 73.5 Å². The number of azide groups is 2. The predicted molar refractivity (Wildman–Crippen MR) is 330 cm³/mol. The van der Waals surface area contributed by atoms with Gasteiger partial charge in [0.1, 0.15) is 23.6 Å². The summed E-state index contributed by atoms with van der Waals surface area (Å²) in [7, 11) is 0. The maximum Gasteiger partial charge on any atom is 0.338 e. The lowest BCUT2D eigenvalue weighted by atomic mass is 9.97. The summed E-state index contributed by atoms with van der Waals surface area (Å²) in [6.07, 6.45) is -11.8. The average Bonchev–Trinajstić information content (AvgIpc) is 0.909. The Balaban J connectivity index is 0.734. The van der Waals surface area contributed by atoms with Crippen LogP contribution in [0.4, 0.5) is 0 Å². The number of carbonyl (C=O) groups is 6. The van der Waals surface area contributed by atoms with Crippen molar-refractivity contribution in [2.45, 2.75) is 87.7 Å². The lowest BCUT2D eigenvalue weighted by Crippen LogP contribution is -2.62. The number of hydrogen-bond acceptors (Lipinski definition) is 24. The minimum absolute atomic E-state index is 0.132. The van der Waals surface area contributed by atoms with Gasteiger partial charge in [-0.05, 0) is 83.9 Å². The van der Waals surface area contributed by atoms with Crippen LogP contribution in [0, 0.1) is 0 Å². The van der Waals surface area contributed by atoms with E-state index in [1.165, 1.54) is 82.2 Å². The summed E-state index contributed by atoms with van der Waals surface area (Å²) < 4.78 is 75.9. The Kier molecular flexibility index (Phi) is 24.4. The lowest BCUT2D eigenvalue weighted by molar-refractivity contribution is -0.295. The Labute approximate surface area is 546 Å². The number of benzene rings is 6. The largest absolute Gasteiger partial charge is 0.452 e. The first-order valence-electron chi connectivity index (χ1n) is 30.1. The van der Waals surface area contributed by atoms with Crippen LogP contribution in [-0.2, 0) is 83.1 Å². The third-order valence-corrected chi connectivity index (χ3v) is 14.6. The third kappa shape index (κ3) is 18.8. The Morgan fingerprint density at radius 3 is 0.938 bits per heavy atom. The van der Waals surface area contributed by atoms with Gasteiger partial charge in [0.15, 0.2) is 49.2 Å². The fraction of sp³-hybridized carbons (Fsp3) is 0.303. The minimum atomic E-state index is -1.59. The van der Waals surface area contributed by atoms with Gasteiger partial charge in [0.25, 0.3) is 0 Å². The summed E-state index contributed by atoms with van der Waals surface area (Å²) in [4.78, 5) is 88.4. The van der Waals surface area contributed by atoms with E-state index in [4.69, 9.17) is 56.8 Å². The van der Waals surface area contributed by atoms with Gasteiger partial charge in [-0.15, -0.1) is 10.2 Å². The molecule has 0 unspecified atom stereocenters. The molecule has 96 heavy (non-hydrogen) atoms. The van der Waals surface area contributed by atoms with Gasteiger partial charge in [-0.2, -0.15) is 0 Å². The Morgan fingerprint density at radius 1 is 0.385 bits per heavy atom. The molecule has 0 radical (unpaired) electrons. The van der Waals surface area contributed by atoms with Gasteiger partial charge in [-0.25, -0.2) is 38.1 Å². The zero-order valence-electron chi connectivity index (χ0n) is 51.0. The van der Waals surface area contributed by atoms with E-state index in [0.29, 0.717) is 11.4 Å². The van der Waals surface area contributed by atoms with Crippen molar-refractivity contribution in [3.8, 4) is 0 Å². The van der Waals surface area contributed by atoms with Crippen LogP contribution in [0.5, 0.6) is 0 Å². The topological polar surface area (TPSA) is 372 Å². The summed E-state index contributed by atoms with van der Waals surface area (Å²) in [6, 6.07) is 48.0. The van der Waals surface area contributed by atoms with Crippen LogP contribution in [0.15, 0.2) is 205 Å². The molecule has 0 saturated carbocycles. The molecule has 2 aromatic heterocycles. The van der Waals surface area contributed by atoms with Crippen molar-refractivity contribution in [2.75, 3.05) is 39.5 Å². The molecule has 2 aliphatic rings. The molecule has 2 aliphatic heterocycles. The Morgan fingerprint density at radius 2 is 0.656 bits per heavy atom. The second-order valence-corrected chi connectivity index (χ2v) is 21.1. The second-order valence-electron chi connectivity index (χ2n) is 21.1. The number of nitrogens with zero attached hydrogens (tertiary/aromatic N) is 12. The highest BCUT2D eigenvalue weighted by Gasteiger charge is 2.55. The van der Waals surface area contributed by atoms with Gasteiger partial charge in [-0.3, -0.25) is 0 Å². The van der Waals surface area contributed by atoms with Crippen LogP contribution in [0.25, 0.3) is 20.9 Å². The van der Waals surface area contributed by atoms with Gasteiger partial charge in [0.05, 0.1) is 112 Å². The first kappa shape index (κ1) is 67.7. The summed E-state index contributed by atoms with van der Waals surface area (Å²) in [5.74, 6) is -5.06. The minimum Gasteiger partial charge on any atom is -0.452 e. The fourth-order valence-corrected chi connectivity index (χ4v) is 9.95. The molecule has 494 valence electrons. The molecule has 30 heteroatoms. The van der Waals surface area contributed by atoms with Crippen LogP contribution in [0.2, 0.25) is 0 Å². The molecule has 8 aromatic rings. The van der Waals surface area contributed by atoms with Crippen molar-refractivity contribution in [1.82, 2.24) is 30.0 Å². The van der Waals surface area contributed by atoms with Crippen LogP contribution >= 0.6 is 0 Å². The lowest BCUT2D eigenvalue weighted by Gasteiger charge is -2.44. The molecule has 10 atom stereocenters. The highest BCUT2D eigenvalue weighted by atomic mass is 16.7. The maximum atomic E-state index is 13.8. The number of hydrogen-bond donors (Lipinski definition) is 0. The highest BCUT2D eigenvalue weighted by Crippen LogP contribution is 2.34. The Bertz CT molecular complexity index is 3690. The summed E-state index contributed by atoms with van der Waals surface area (Å²) >= 11 is 0. The molecule has 0 bridgehead atoms. The molecule has 0 aliphatic carbocycles. The first-order chi connectivity index (χ1) is 47.0. The number of aromatic nitrogens is 6. The van der Waals surface area contributed by atoms with E-state index in [2.05, 4.69) is 40.7 Å². The van der Waals surface area contributed by atoms with Crippen molar-refractivity contribution in [1.29, 1.82) is 0 Å². The number of ether oxygens (including phenoxy) is 12. The van der Waals surface area contributed by atoms with E-state index in [1.807, 2.05) is 0 Å². The van der Waals surface area contributed by atoms with Crippen molar-refractivity contribution in [3.05, 3.63) is 260 Å². The van der Waals surface area contributed by atoms with Gasteiger partial charge >= 0.3 is 35.8 Å². The van der Waals surface area contributed by atoms with E-state index in [1.54, 1.807) is 122 Å². The Hall–Kier alpha value is -11.2. The van der Waals surface area contributed by atoms with Gasteiger partial charge in [-0.1, -0.05) is 130 Å². The SMILES string of the molecule is [N-]=[N+]=NC[C@H]1O[C@H](OCc2cn(CCOCCOCCn3cc(CO[C@H]4O[C@H](CN=[N+]=[N-])[C@@H](OC(=O)c5ccccc5)[C@H](OC(=O)c5ccccc5)[C@@H]4OC(=O)c4ccccc4)nn3)nn2)[C@@H](OC(=O)c2ccccc2)[C@@H](OC(=O)c2ccccc2)[C@@H]1OC(=O)c1ccccc1. The molecule has 0 spiro atoms. The number of esters is 6. The quantitative estimate of drug-likeness (QED) is 0.00989. The molecule has 4 heterocycles. The van der Waals surface area contributed by atoms with Crippen LogP contribution in [0.3, 0.4) is 0 Å². The van der Waals surface area contributed by atoms with Crippen LogP contribution < -0.4 is 0 Å². The zero-order chi connectivity index (χ0) is 66.9. The monoisotopic (exact) mass is 1310 g/mol. The van der Waals surface area contributed by atoms with E-state index < -0.39 is 110 Å². The molecular weight excluding hydrogens is 1250 g/mol. The molecule has 2 saturated heterocycles. The molecule has 0 amide bonds.